The molecule has 1 aromatic heterocycles. The van der Waals surface area contributed by atoms with Crippen LogP contribution in [0.3, 0.4) is 0 Å². The summed E-state index contributed by atoms with van der Waals surface area (Å²) in [7, 11) is -2.60. The highest BCUT2D eigenvalue weighted by molar-refractivity contribution is 7.90. The Morgan fingerprint density at radius 3 is 2.43 bits per heavy atom. The molecule has 0 spiro atoms. The van der Waals surface area contributed by atoms with Gasteiger partial charge in [-0.25, -0.2) is 23.1 Å². The molecule has 0 radical (unpaired) electrons. The van der Waals surface area contributed by atoms with Crippen LogP contribution in [0.25, 0.3) is 0 Å². The molecule has 1 N–H and O–H groups in total. The highest BCUT2D eigenvalue weighted by atomic mass is 35.5. The molecule has 10 heteroatoms. The number of carbonyl (C=O) groups is 1. The average Bonchev–Trinajstić information content (AvgIpc) is 3.01. The van der Waals surface area contributed by atoms with Crippen LogP contribution in [0, 0.1) is 5.92 Å². The Balaban J connectivity index is 1.36. The lowest BCUT2D eigenvalue weighted by Gasteiger charge is -2.32. The monoisotopic (exact) mass is 604 g/mol. The van der Waals surface area contributed by atoms with Crippen LogP contribution in [0.2, 0.25) is 5.02 Å². The molecule has 0 bridgehead atoms. The van der Waals surface area contributed by atoms with Gasteiger partial charge in [-0.3, -0.25) is 4.79 Å². The predicted molar refractivity (Wildman–Crippen MR) is 164 cm³/mol. The lowest BCUT2D eigenvalue weighted by atomic mass is 9.90. The second-order valence-electron chi connectivity index (χ2n) is 10.4. The summed E-state index contributed by atoms with van der Waals surface area (Å²) in [4.78, 5) is 24.6. The van der Waals surface area contributed by atoms with Crippen molar-refractivity contribution in [3.05, 3.63) is 112 Å². The highest BCUT2D eigenvalue weighted by Crippen LogP contribution is 2.26. The first-order valence-corrected chi connectivity index (χ1v) is 15.8. The number of nitrogens with one attached hydrogen (secondary N) is 1. The maximum atomic E-state index is 13.3. The number of benzene rings is 3. The summed E-state index contributed by atoms with van der Waals surface area (Å²) < 4.78 is 33.5. The summed E-state index contributed by atoms with van der Waals surface area (Å²) in [6.45, 7) is 1.61. The van der Waals surface area contributed by atoms with Gasteiger partial charge < -0.3 is 9.64 Å². The molecular formula is C32H33ClN4O4S. The number of piperidine rings is 1. The van der Waals surface area contributed by atoms with Crippen molar-refractivity contribution >= 4 is 33.5 Å². The minimum atomic E-state index is -4.21. The number of sulfonamides is 1. The van der Waals surface area contributed by atoms with Gasteiger partial charge >= 0.3 is 0 Å². The van der Waals surface area contributed by atoms with Gasteiger partial charge in [-0.1, -0.05) is 66.2 Å². The fraction of sp³-hybridized carbons (Fsp3) is 0.281. The number of carbonyl (C=O) groups excluding carboxylic acids is 1. The Hall–Kier alpha value is -3.95. The van der Waals surface area contributed by atoms with Gasteiger partial charge in [-0.15, -0.1) is 0 Å². The van der Waals surface area contributed by atoms with Crippen LogP contribution in [0.4, 0.5) is 5.95 Å². The largest absolute Gasteiger partial charge is 0.497 e. The number of amides is 1. The molecular weight excluding hydrogens is 572 g/mol. The van der Waals surface area contributed by atoms with Gasteiger partial charge in [0.2, 0.25) is 5.95 Å². The summed E-state index contributed by atoms with van der Waals surface area (Å²) in [6, 6.07) is 24.2. The van der Waals surface area contributed by atoms with Gasteiger partial charge in [0.15, 0.2) is 0 Å². The molecule has 5 rings (SSSR count). The van der Waals surface area contributed by atoms with Crippen molar-refractivity contribution in [1.29, 1.82) is 0 Å². The molecule has 1 aliphatic heterocycles. The van der Waals surface area contributed by atoms with Gasteiger partial charge in [0, 0.05) is 19.3 Å². The van der Waals surface area contributed by atoms with E-state index in [0.29, 0.717) is 30.4 Å². The summed E-state index contributed by atoms with van der Waals surface area (Å²) in [5.74, 6) is 1.05. The fourth-order valence-corrected chi connectivity index (χ4v) is 6.70. The van der Waals surface area contributed by atoms with E-state index in [1.807, 2.05) is 30.3 Å². The number of nitrogens with zero attached hydrogens (tertiary/aromatic N) is 3. The van der Waals surface area contributed by atoms with E-state index in [1.165, 1.54) is 23.9 Å². The molecule has 0 saturated carbocycles. The Bertz CT molecular complexity index is 1640. The van der Waals surface area contributed by atoms with E-state index in [0.717, 1.165) is 43.7 Å². The van der Waals surface area contributed by atoms with Crippen LogP contribution in [-0.2, 0) is 29.3 Å². The quantitative estimate of drug-likeness (QED) is 0.255. The third-order valence-corrected chi connectivity index (χ3v) is 9.33. The highest BCUT2D eigenvalue weighted by Gasteiger charge is 2.26. The van der Waals surface area contributed by atoms with Crippen LogP contribution in [0.5, 0.6) is 5.75 Å². The molecule has 8 nitrogen and oxygen atoms in total. The van der Waals surface area contributed by atoms with Gasteiger partial charge in [0.25, 0.3) is 15.9 Å². The van der Waals surface area contributed by atoms with Crippen LogP contribution >= 0.6 is 11.6 Å². The molecule has 1 aliphatic rings. The van der Waals surface area contributed by atoms with E-state index in [1.54, 1.807) is 19.2 Å². The molecule has 0 aliphatic carbocycles. The Morgan fingerprint density at radius 1 is 0.976 bits per heavy atom. The smallest absolute Gasteiger partial charge is 0.268 e. The van der Waals surface area contributed by atoms with E-state index in [9.17, 15) is 13.2 Å². The van der Waals surface area contributed by atoms with Crippen molar-refractivity contribution < 1.29 is 17.9 Å². The topological polar surface area (TPSA) is 101 Å². The number of halogens is 1. The zero-order valence-electron chi connectivity index (χ0n) is 23.4. The molecule has 2 heterocycles. The fourth-order valence-electron chi connectivity index (χ4n) is 5.21. The summed E-state index contributed by atoms with van der Waals surface area (Å²) in [5.41, 5.74) is 2.93. The van der Waals surface area contributed by atoms with E-state index >= 15 is 0 Å². The first kappa shape index (κ1) is 29.5. The SMILES string of the molecule is COc1cccc(CCc2nc(N3CCC(Cc4ccccc4)CC3)ncc2C(=O)NS(=O)(=O)c2ccccc2Cl)c1. The predicted octanol–water partition coefficient (Wildman–Crippen LogP) is 5.50. The summed E-state index contributed by atoms with van der Waals surface area (Å²) in [5, 5.41) is 0.0262. The molecule has 218 valence electrons. The number of anilines is 1. The molecule has 3 aromatic carbocycles. The third-order valence-electron chi connectivity index (χ3n) is 7.50. The number of aryl methyl sites for hydroxylation is 2. The molecule has 1 amide bonds. The van der Waals surface area contributed by atoms with E-state index < -0.39 is 15.9 Å². The minimum Gasteiger partial charge on any atom is -0.497 e. The maximum Gasteiger partial charge on any atom is 0.268 e. The number of aromatic nitrogens is 2. The van der Waals surface area contributed by atoms with Crippen LogP contribution in [0.15, 0.2) is 90.0 Å². The second-order valence-corrected chi connectivity index (χ2v) is 12.4. The van der Waals surface area contributed by atoms with E-state index in [2.05, 4.69) is 38.9 Å². The van der Waals surface area contributed by atoms with Gasteiger partial charge in [0.05, 0.1) is 23.4 Å². The molecule has 0 unspecified atom stereocenters. The summed E-state index contributed by atoms with van der Waals surface area (Å²) >= 11 is 6.10. The van der Waals surface area contributed by atoms with Crippen molar-refractivity contribution in [2.75, 3.05) is 25.1 Å². The number of hydrogen-bond acceptors (Lipinski definition) is 7. The van der Waals surface area contributed by atoms with E-state index in [-0.39, 0.29) is 15.5 Å². The van der Waals surface area contributed by atoms with Crippen molar-refractivity contribution in [3.8, 4) is 5.75 Å². The van der Waals surface area contributed by atoms with Crippen LogP contribution < -0.4 is 14.4 Å². The van der Waals surface area contributed by atoms with Crippen molar-refractivity contribution in [2.24, 2.45) is 5.92 Å². The molecule has 42 heavy (non-hydrogen) atoms. The molecule has 0 atom stereocenters. The van der Waals surface area contributed by atoms with Gasteiger partial charge in [-0.2, -0.15) is 0 Å². The van der Waals surface area contributed by atoms with Crippen molar-refractivity contribution in [3.63, 3.8) is 0 Å². The first-order valence-electron chi connectivity index (χ1n) is 13.9. The lowest BCUT2D eigenvalue weighted by Crippen LogP contribution is -2.36. The first-order chi connectivity index (χ1) is 20.3. The third kappa shape index (κ3) is 7.27. The minimum absolute atomic E-state index is 0.0262. The zero-order valence-corrected chi connectivity index (χ0v) is 24.9. The summed E-state index contributed by atoms with van der Waals surface area (Å²) in [6.07, 6.45) is 5.47. The number of ether oxygens (including phenoxy) is 1. The standard InChI is InChI=1S/C32H33ClN4O4S/c1-41-26-11-7-10-24(21-26)14-15-29-27(31(38)36-42(39,40)30-13-6-5-12-28(30)33)22-34-32(35-29)37-18-16-25(17-19-37)20-23-8-3-2-4-9-23/h2-13,21-22,25H,14-20H2,1H3,(H,36,38). The van der Waals surface area contributed by atoms with Gasteiger partial charge in [-0.05, 0) is 73.4 Å². The molecule has 1 fully saturated rings. The average molecular weight is 605 g/mol. The van der Waals surface area contributed by atoms with Gasteiger partial charge in [0.1, 0.15) is 10.6 Å². The van der Waals surface area contributed by atoms with E-state index in [4.69, 9.17) is 21.3 Å². The molecule has 1 saturated heterocycles. The Kier molecular flexibility index (Phi) is 9.39. The number of rotatable bonds is 10. The Morgan fingerprint density at radius 2 is 1.69 bits per heavy atom. The second kappa shape index (κ2) is 13.4. The van der Waals surface area contributed by atoms with Crippen molar-refractivity contribution in [1.82, 2.24) is 14.7 Å². The van der Waals surface area contributed by atoms with Crippen LogP contribution in [0.1, 0.15) is 40.0 Å². The number of hydrogen-bond donors (Lipinski definition) is 1. The van der Waals surface area contributed by atoms with Crippen LogP contribution in [-0.4, -0.2) is 44.5 Å². The lowest BCUT2D eigenvalue weighted by molar-refractivity contribution is 0.0979. The number of methoxy groups -OCH3 is 1. The van der Waals surface area contributed by atoms with Crippen molar-refractivity contribution in [2.45, 2.75) is 37.0 Å². The normalized spacial score (nSPS) is 14.0. The Labute approximate surface area is 251 Å². The maximum absolute atomic E-state index is 13.3. The zero-order chi connectivity index (χ0) is 29.5. The molecule has 4 aromatic rings.